The van der Waals surface area contributed by atoms with Crippen LogP contribution < -0.4 is 15.4 Å². The molecule has 0 saturated heterocycles. The van der Waals surface area contributed by atoms with Crippen molar-refractivity contribution < 1.29 is 23.4 Å². The molecule has 0 aliphatic heterocycles. The zero-order valence-corrected chi connectivity index (χ0v) is 19.0. The third-order valence-electron chi connectivity index (χ3n) is 3.79. The van der Waals surface area contributed by atoms with Gasteiger partial charge in [-0.3, -0.25) is 4.79 Å². The summed E-state index contributed by atoms with van der Waals surface area (Å²) in [6, 6.07) is 12.5. The number of rotatable bonds is 8. The molecule has 0 spiro atoms. The van der Waals surface area contributed by atoms with Crippen LogP contribution in [0.15, 0.2) is 53.5 Å². The summed E-state index contributed by atoms with van der Waals surface area (Å²) in [5, 5.41) is 15.1. The van der Waals surface area contributed by atoms with Crippen LogP contribution in [0.1, 0.15) is 12.5 Å². The molecular formula is C20H25F2IN4O3. The molecule has 2 rings (SSSR count). The van der Waals surface area contributed by atoms with Crippen molar-refractivity contribution in [3.8, 4) is 11.5 Å². The van der Waals surface area contributed by atoms with Gasteiger partial charge >= 0.3 is 6.61 Å². The fraction of sp³-hybridized carbons (Fsp3) is 0.300. The molecule has 2 aromatic rings. The van der Waals surface area contributed by atoms with Gasteiger partial charge in [-0.05, 0) is 48.9 Å². The number of guanidine groups is 1. The number of benzene rings is 2. The van der Waals surface area contributed by atoms with E-state index in [9.17, 15) is 18.7 Å². The summed E-state index contributed by atoms with van der Waals surface area (Å²) in [7, 11) is 1.81. The maximum Gasteiger partial charge on any atom is 0.387 e. The van der Waals surface area contributed by atoms with E-state index in [1.807, 2.05) is 18.9 Å². The van der Waals surface area contributed by atoms with E-state index in [-0.39, 0.29) is 47.9 Å². The number of anilines is 1. The fourth-order valence-electron chi connectivity index (χ4n) is 2.49. The Balaban J connectivity index is 0.00000450. The van der Waals surface area contributed by atoms with E-state index in [2.05, 4.69) is 20.4 Å². The molecule has 0 aromatic heterocycles. The fourth-order valence-corrected chi connectivity index (χ4v) is 2.49. The molecule has 0 bridgehead atoms. The molecule has 0 radical (unpaired) electrons. The van der Waals surface area contributed by atoms with E-state index >= 15 is 0 Å². The van der Waals surface area contributed by atoms with Crippen LogP contribution in [0.25, 0.3) is 0 Å². The van der Waals surface area contributed by atoms with Crippen molar-refractivity contribution in [1.29, 1.82) is 0 Å². The highest BCUT2D eigenvalue weighted by Gasteiger charge is 2.09. The van der Waals surface area contributed by atoms with E-state index in [4.69, 9.17) is 0 Å². The maximum absolute atomic E-state index is 12.2. The average molecular weight is 534 g/mol. The third kappa shape index (κ3) is 8.80. The molecule has 164 valence electrons. The number of halogens is 3. The van der Waals surface area contributed by atoms with Crippen molar-refractivity contribution in [2.75, 3.05) is 25.5 Å². The number of nitrogens with zero attached hydrogens (tertiary/aromatic N) is 2. The number of ether oxygens (including phenoxy) is 1. The molecular weight excluding hydrogens is 509 g/mol. The number of phenols is 1. The van der Waals surface area contributed by atoms with Crippen molar-refractivity contribution in [2.45, 2.75) is 20.1 Å². The number of aromatic hydroxyl groups is 1. The summed E-state index contributed by atoms with van der Waals surface area (Å²) in [6.45, 7) is 0.0405. The van der Waals surface area contributed by atoms with E-state index in [1.54, 1.807) is 24.3 Å². The Morgan fingerprint density at radius 1 is 1.17 bits per heavy atom. The number of amides is 1. The lowest BCUT2D eigenvalue weighted by Crippen LogP contribution is -2.39. The monoisotopic (exact) mass is 534 g/mol. The van der Waals surface area contributed by atoms with Crippen LogP contribution in [-0.2, 0) is 11.3 Å². The molecule has 10 heteroatoms. The molecule has 30 heavy (non-hydrogen) atoms. The van der Waals surface area contributed by atoms with Crippen LogP contribution in [-0.4, -0.2) is 48.6 Å². The van der Waals surface area contributed by atoms with Gasteiger partial charge in [0.1, 0.15) is 18.0 Å². The normalized spacial score (nSPS) is 10.9. The van der Waals surface area contributed by atoms with E-state index in [0.29, 0.717) is 24.7 Å². The number of carbonyl (C=O) groups excluding carboxylic acids is 1. The number of aliphatic imine (C=N–C) groups is 1. The van der Waals surface area contributed by atoms with Crippen LogP contribution in [0.4, 0.5) is 14.5 Å². The highest BCUT2D eigenvalue weighted by Crippen LogP contribution is 2.16. The second kappa shape index (κ2) is 12.8. The molecule has 0 atom stereocenters. The molecule has 0 aliphatic rings. The van der Waals surface area contributed by atoms with Gasteiger partial charge in [0.05, 0.1) is 0 Å². The quantitative estimate of drug-likeness (QED) is 0.209. The number of hydrogen-bond acceptors (Lipinski definition) is 4. The molecule has 2 aromatic carbocycles. The van der Waals surface area contributed by atoms with Crippen molar-refractivity contribution in [3.05, 3.63) is 54.1 Å². The molecule has 0 fully saturated rings. The van der Waals surface area contributed by atoms with Crippen LogP contribution in [0.2, 0.25) is 0 Å². The summed E-state index contributed by atoms with van der Waals surface area (Å²) >= 11 is 0. The minimum absolute atomic E-state index is 0. The van der Waals surface area contributed by atoms with Crippen LogP contribution >= 0.6 is 24.0 Å². The van der Waals surface area contributed by atoms with Gasteiger partial charge in [0, 0.05) is 25.8 Å². The first-order chi connectivity index (χ1) is 13.9. The molecule has 0 saturated carbocycles. The Morgan fingerprint density at radius 2 is 1.80 bits per heavy atom. The molecule has 1 amide bonds. The van der Waals surface area contributed by atoms with Crippen molar-refractivity contribution in [1.82, 2.24) is 10.2 Å². The molecule has 7 nitrogen and oxygen atoms in total. The van der Waals surface area contributed by atoms with Crippen molar-refractivity contribution in [3.63, 3.8) is 0 Å². The maximum atomic E-state index is 12.2. The third-order valence-corrected chi connectivity index (χ3v) is 3.79. The lowest BCUT2D eigenvalue weighted by atomic mass is 10.2. The standard InChI is InChI=1S/C20H24F2N4O3.HI/c1-3-23-20(24-12-18(28)25-15-6-8-16(27)9-7-15)26(2)13-14-4-10-17(11-5-14)29-19(21)22;/h4-11,19,27H,3,12-13H2,1-2H3,(H,23,24)(H,25,28);1H. The Hall–Kier alpha value is -2.63. The minimum Gasteiger partial charge on any atom is -0.508 e. The van der Waals surface area contributed by atoms with Gasteiger partial charge in [0.2, 0.25) is 5.91 Å². The number of phenolic OH excluding ortho intramolecular Hbond substituents is 1. The van der Waals surface area contributed by atoms with Gasteiger partial charge in [0.25, 0.3) is 0 Å². The first kappa shape index (κ1) is 25.4. The Labute approximate surface area is 191 Å². The lowest BCUT2D eigenvalue weighted by Gasteiger charge is -2.22. The van der Waals surface area contributed by atoms with Gasteiger partial charge in [-0.1, -0.05) is 12.1 Å². The number of carbonyl (C=O) groups is 1. The van der Waals surface area contributed by atoms with Crippen molar-refractivity contribution in [2.24, 2.45) is 4.99 Å². The number of alkyl halides is 2. The summed E-state index contributed by atoms with van der Waals surface area (Å²) < 4.78 is 28.8. The Bertz CT molecular complexity index is 818. The van der Waals surface area contributed by atoms with E-state index in [1.165, 1.54) is 24.3 Å². The van der Waals surface area contributed by atoms with Gasteiger partial charge < -0.3 is 25.4 Å². The largest absolute Gasteiger partial charge is 0.508 e. The number of hydrogen-bond donors (Lipinski definition) is 3. The first-order valence-electron chi connectivity index (χ1n) is 8.99. The molecule has 0 unspecified atom stereocenters. The second-order valence-electron chi connectivity index (χ2n) is 6.14. The van der Waals surface area contributed by atoms with Crippen LogP contribution in [0.3, 0.4) is 0 Å². The lowest BCUT2D eigenvalue weighted by molar-refractivity contribution is -0.114. The SMILES string of the molecule is CCNC(=NCC(=O)Nc1ccc(O)cc1)N(C)Cc1ccc(OC(F)F)cc1.I. The second-order valence-corrected chi connectivity index (χ2v) is 6.14. The topological polar surface area (TPSA) is 86.2 Å². The van der Waals surface area contributed by atoms with E-state index in [0.717, 1.165) is 5.56 Å². The average Bonchev–Trinajstić information content (AvgIpc) is 2.68. The Morgan fingerprint density at radius 3 is 2.37 bits per heavy atom. The smallest absolute Gasteiger partial charge is 0.387 e. The predicted octanol–water partition coefficient (Wildman–Crippen LogP) is 3.65. The summed E-state index contributed by atoms with van der Waals surface area (Å²) in [5.41, 5.74) is 1.43. The number of nitrogens with one attached hydrogen (secondary N) is 2. The minimum atomic E-state index is -2.86. The van der Waals surface area contributed by atoms with Gasteiger partial charge in [-0.2, -0.15) is 8.78 Å². The summed E-state index contributed by atoms with van der Waals surface area (Å²) in [6.07, 6.45) is 0. The molecule has 0 aliphatic carbocycles. The molecule has 3 N–H and O–H groups in total. The zero-order chi connectivity index (χ0) is 21.2. The van der Waals surface area contributed by atoms with Gasteiger partial charge in [-0.25, -0.2) is 4.99 Å². The van der Waals surface area contributed by atoms with Crippen LogP contribution in [0, 0.1) is 0 Å². The zero-order valence-electron chi connectivity index (χ0n) is 16.6. The van der Waals surface area contributed by atoms with E-state index < -0.39 is 6.61 Å². The van der Waals surface area contributed by atoms with Crippen LogP contribution in [0.5, 0.6) is 11.5 Å². The summed E-state index contributed by atoms with van der Waals surface area (Å²) in [5.74, 6) is 0.443. The first-order valence-corrected chi connectivity index (χ1v) is 8.99. The summed E-state index contributed by atoms with van der Waals surface area (Å²) in [4.78, 5) is 18.3. The predicted molar refractivity (Wildman–Crippen MR) is 123 cm³/mol. The van der Waals surface area contributed by atoms with Gasteiger partial charge in [0.15, 0.2) is 5.96 Å². The highest BCUT2D eigenvalue weighted by molar-refractivity contribution is 14.0. The van der Waals surface area contributed by atoms with Crippen molar-refractivity contribution >= 4 is 41.5 Å². The highest BCUT2D eigenvalue weighted by atomic mass is 127. The van der Waals surface area contributed by atoms with Gasteiger partial charge in [-0.15, -0.1) is 24.0 Å². The Kier molecular flexibility index (Phi) is 10.9. The molecule has 0 heterocycles.